The van der Waals surface area contributed by atoms with Crippen molar-refractivity contribution in [2.45, 2.75) is 32.6 Å². The fraction of sp³-hybridized carbons (Fsp3) is 0.450. The van der Waals surface area contributed by atoms with E-state index in [0.29, 0.717) is 12.3 Å². The molecule has 0 amide bonds. The first kappa shape index (κ1) is 17.2. The minimum Gasteiger partial charge on any atom is -0.494 e. The van der Waals surface area contributed by atoms with Crippen molar-refractivity contribution >= 4 is 5.82 Å². The quantitative estimate of drug-likeness (QED) is 0.806. The molecule has 25 heavy (non-hydrogen) atoms. The molecule has 130 valence electrons. The van der Waals surface area contributed by atoms with Crippen LogP contribution in [0.15, 0.2) is 36.4 Å². The molecule has 1 aromatic carbocycles. The normalized spacial score (nSPS) is 15.0. The van der Waals surface area contributed by atoms with Gasteiger partial charge in [0, 0.05) is 13.1 Å². The van der Waals surface area contributed by atoms with Crippen molar-refractivity contribution in [1.82, 2.24) is 10.2 Å². The Morgan fingerprint density at radius 3 is 2.48 bits per heavy atom. The molecule has 0 bridgehead atoms. The Morgan fingerprint density at radius 2 is 1.88 bits per heavy atom. The van der Waals surface area contributed by atoms with Crippen LogP contribution in [-0.2, 0) is 6.42 Å². The van der Waals surface area contributed by atoms with Gasteiger partial charge < -0.3 is 9.64 Å². The molecule has 1 fully saturated rings. The Balaban J connectivity index is 1.45. The number of ether oxygens (including phenoxy) is 1. The molecule has 0 radical (unpaired) electrons. The Bertz CT molecular complexity index is 698. The molecular weight excluding hydrogens is 312 g/mol. The van der Waals surface area contributed by atoms with Gasteiger partial charge in [0.1, 0.15) is 11.8 Å². The zero-order valence-corrected chi connectivity index (χ0v) is 14.7. The summed E-state index contributed by atoms with van der Waals surface area (Å²) in [6, 6.07) is 14.1. The number of nitriles is 1. The fourth-order valence-corrected chi connectivity index (χ4v) is 3.29. The van der Waals surface area contributed by atoms with Crippen LogP contribution in [0.25, 0.3) is 0 Å². The number of aromatic nitrogens is 2. The van der Waals surface area contributed by atoms with Crippen LogP contribution in [0.3, 0.4) is 0 Å². The van der Waals surface area contributed by atoms with Gasteiger partial charge in [-0.3, -0.25) is 0 Å². The molecule has 5 nitrogen and oxygen atoms in total. The van der Waals surface area contributed by atoms with Crippen molar-refractivity contribution in [3.63, 3.8) is 0 Å². The van der Waals surface area contributed by atoms with Gasteiger partial charge in [0.25, 0.3) is 0 Å². The molecule has 1 saturated heterocycles. The van der Waals surface area contributed by atoms with Crippen molar-refractivity contribution < 1.29 is 4.74 Å². The highest BCUT2D eigenvalue weighted by molar-refractivity contribution is 5.39. The summed E-state index contributed by atoms with van der Waals surface area (Å²) < 4.78 is 5.49. The van der Waals surface area contributed by atoms with E-state index in [0.717, 1.165) is 37.0 Å². The first-order valence-corrected chi connectivity index (χ1v) is 8.99. The fourth-order valence-electron chi connectivity index (χ4n) is 3.29. The molecule has 0 atom stereocenters. The van der Waals surface area contributed by atoms with Crippen LogP contribution in [0, 0.1) is 17.2 Å². The molecule has 2 aromatic rings. The van der Waals surface area contributed by atoms with E-state index in [1.165, 1.54) is 24.8 Å². The first-order valence-electron chi connectivity index (χ1n) is 8.99. The summed E-state index contributed by atoms with van der Waals surface area (Å²) in [5.41, 5.74) is 1.75. The van der Waals surface area contributed by atoms with Crippen molar-refractivity contribution in [2.24, 2.45) is 5.92 Å². The van der Waals surface area contributed by atoms with E-state index in [9.17, 15) is 0 Å². The van der Waals surface area contributed by atoms with E-state index in [1.807, 2.05) is 19.1 Å². The summed E-state index contributed by atoms with van der Waals surface area (Å²) in [6.45, 7) is 4.73. The number of benzene rings is 1. The van der Waals surface area contributed by atoms with Gasteiger partial charge in [-0.25, -0.2) is 0 Å². The summed E-state index contributed by atoms with van der Waals surface area (Å²) in [4.78, 5) is 2.27. The second-order valence-electron chi connectivity index (χ2n) is 6.43. The van der Waals surface area contributed by atoms with E-state index in [4.69, 9.17) is 10.00 Å². The van der Waals surface area contributed by atoms with Crippen molar-refractivity contribution in [1.29, 1.82) is 5.26 Å². The number of anilines is 1. The van der Waals surface area contributed by atoms with Crippen LogP contribution in [-0.4, -0.2) is 29.9 Å². The van der Waals surface area contributed by atoms with Gasteiger partial charge in [0.2, 0.25) is 0 Å². The van der Waals surface area contributed by atoms with Gasteiger partial charge >= 0.3 is 0 Å². The molecule has 1 aliphatic heterocycles. The number of piperidine rings is 1. The van der Waals surface area contributed by atoms with E-state index in [-0.39, 0.29) is 0 Å². The predicted molar refractivity (Wildman–Crippen MR) is 97.6 cm³/mol. The number of rotatable bonds is 6. The maximum atomic E-state index is 8.80. The van der Waals surface area contributed by atoms with Gasteiger partial charge in [-0.05, 0) is 68.4 Å². The van der Waals surface area contributed by atoms with Crippen molar-refractivity contribution in [3.05, 3.63) is 47.7 Å². The molecule has 0 spiro atoms. The predicted octanol–water partition coefficient (Wildman–Crippen LogP) is 3.60. The highest BCUT2D eigenvalue weighted by Gasteiger charge is 2.20. The van der Waals surface area contributed by atoms with E-state index in [2.05, 4.69) is 39.4 Å². The van der Waals surface area contributed by atoms with Crippen molar-refractivity contribution in [2.75, 3.05) is 24.6 Å². The van der Waals surface area contributed by atoms with Gasteiger partial charge in [-0.2, -0.15) is 5.26 Å². The molecule has 0 saturated carbocycles. The Morgan fingerprint density at radius 1 is 1.12 bits per heavy atom. The third-order valence-corrected chi connectivity index (χ3v) is 4.78. The minimum absolute atomic E-state index is 0.369. The van der Waals surface area contributed by atoms with Crippen LogP contribution in [0.2, 0.25) is 0 Å². The molecule has 3 rings (SSSR count). The third-order valence-electron chi connectivity index (χ3n) is 4.78. The smallest absolute Gasteiger partial charge is 0.163 e. The zero-order chi connectivity index (χ0) is 17.5. The monoisotopic (exact) mass is 336 g/mol. The maximum absolute atomic E-state index is 8.80. The largest absolute Gasteiger partial charge is 0.494 e. The average molecular weight is 336 g/mol. The molecule has 0 aliphatic carbocycles. The summed E-state index contributed by atoms with van der Waals surface area (Å²) in [6.07, 6.45) is 4.70. The Kier molecular flexibility index (Phi) is 5.84. The lowest BCUT2D eigenvalue weighted by molar-refractivity contribution is 0.340. The van der Waals surface area contributed by atoms with Crippen LogP contribution < -0.4 is 9.64 Å². The molecule has 0 unspecified atom stereocenters. The zero-order valence-electron chi connectivity index (χ0n) is 14.7. The molecule has 0 N–H and O–H groups in total. The van der Waals surface area contributed by atoms with E-state index >= 15 is 0 Å². The highest BCUT2D eigenvalue weighted by atomic mass is 16.5. The molecule has 2 heterocycles. The highest BCUT2D eigenvalue weighted by Crippen LogP contribution is 2.25. The number of hydrogen-bond acceptors (Lipinski definition) is 5. The molecule has 1 aromatic heterocycles. The van der Waals surface area contributed by atoms with Crippen LogP contribution >= 0.6 is 0 Å². The third kappa shape index (κ3) is 4.69. The van der Waals surface area contributed by atoms with E-state index < -0.39 is 0 Å². The molecule has 1 aliphatic rings. The lowest BCUT2D eigenvalue weighted by Gasteiger charge is -2.32. The Labute approximate surface area is 149 Å². The number of aryl methyl sites for hydroxylation is 1. The summed E-state index contributed by atoms with van der Waals surface area (Å²) in [7, 11) is 0. The van der Waals surface area contributed by atoms with Gasteiger partial charge in [0.05, 0.1) is 6.61 Å². The van der Waals surface area contributed by atoms with Gasteiger partial charge in [0.15, 0.2) is 11.5 Å². The number of nitrogens with zero attached hydrogens (tertiary/aromatic N) is 4. The summed E-state index contributed by atoms with van der Waals surface area (Å²) in [5, 5.41) is 16.9. The topological polar surface area (TPSA) is 62.0 Å². The van der Waals surface area contributed by atoms with Crippen molar-refractivity contribution in [3.8, 4) is 11.8 Å². The second-order valence-corrected chi connectivity index (χ2v) is 6.43. The summed E-state index contributed by atoms with van der Waals surface area (Å²) in [5.74, 6) is 2.58. The molecular formula is C20H24N4O. The average Bonchev–Trinajstić information content (AvgIpc) is 2.68. The molecule has 5 heteroatoms. The lowest BCUT2D eigenvalue weighted by atomic mass is 9.90. The standard InChI is InChI=1S/C20H24N4O/c1-2-25-19-8-5-16(6-9-19)3-4-17-11-13-24(14-12-17)20-10-7-18(15-21)22-23-20/h5-10,17H,2-4,11-14H2,1H3. The van der Waals surface area contributed by atoms with E-state index in [1.54, 1.807) is 6.07 Å². The second kappa shape index (κ2) is 8.48. The SMILES string of the molecule is CCOc1ccc(CCC2CCN(c3ccc(C#N)nn3)CC2)cc1. The first-order chi connectivity index (χ1) is 12.3. The van der Waals surface area contributed by atoms with Crippen LogP contribution in [0.4, 0.5) is 5.82 Å². The van der Waals surface area contributed by atoms with Crippen LogP contribution in [0.1, 0.15) is 37.4 Å². The Hall–Kier alpha value is -2.61. The lowest BCUT2D eigenvalue weighted by Crippen LogP contribution is -2.34. The van der Waals surface area contributed by atoms with Gasteiger partial charge in [-0.15, -0.1) is 10.2 Å². The van der Waals surface area contributed by atoms with Crippen LogP contribution in [0.5, 0.6) is 5.75 Å². The number of hydrogen-bond donors (Lipinski definition) is 0. The van der Waals surface area contributed by atoms with Gasteiger partial charge in [-0.1, -0.05) is 12.1 Å². The minimum atomic E-state index is 0.369. The summed E-state index contributed by atoms with van der Waals surface area (Å²) >= 11 is 0. The maximum Gasteiger partial charge on any atom is 0.163 e.